The number of esters is 1. The minimum atomic E-state index is -3.78. The maximum absolute atomic E-state index is 13.1. The predicted molar refractivity (Wildman–Crippen MR) is 101 cm³/mol. The summed E-state index contributed by atoms with van der Waals surface area (Å²) in [5.74, 6) is -0.863. The number of benzene rings is 2. The molecule has 1 fully saturated rings. The number of carbonyl (C=O) groups excluding carboxylic acids is 1. The van der Waals surface area contributed by atoms with E-state index in [0.717, 1.165) is 17.7 Å². The van der Waals surface area contributed by atoms with Gasteiger partial charge in [-0.2, -0.15) is 4.31 Å². The van der Waals surface area contributed by atoms with Gasteiger partial charge < -0.3 is 9.47 Å². The number of carbonyl (C=O) groups is 1. The maximum atomic E-state index is 13.1. The summed E-state index contributed by atoms with van der Waals surface area (Å²) in [6.45, 7) is 0.421. The van der Waals surface area contributed by atoms with Crippen molar-refractivity contribution >= 4 is 16.0 Å². The fourth-order valence-corrected chi connectivity index (χ4v) is 4.72. The first-order valence-electron chi connectivity index (χ1n) is 8.96. The Hall–Kier alpha value is -2.45. The van der Waals surface area contributed by atoms with Gasteiger partial charge in [0.15, 0.2) is 0 Å². The highest BCUT2D eigenvalue weighted by atomic mass is 32.2. The van der Waals surface area contributed by atoms with Crippen molar-refractivity contribution in [1.82, 2.24) is 4.31 Å². The predicted octanol–water partition coefficient (Wildman–Crippen LogP) is 2.98. The molecule has 1 saturated heterocycles. The van der Waals surface area contributed by atoms with Gasteiger partial charge in [-0.15, -0.1) is 0 Å². The van der Waals surface area contributed by atoms with Gasteiger partial charge in [0.25, 0.3) is 0 Å². The molecule has 0 saturated carbocycles. The standard InChI is InChI=1S/C20H22FNO5S/c1-26-19-7-3-2-5-16(19)14-27-20(23)15-6-4-12-22(13-15)28(24,25)18-10-8-17(21)9-11-18/h2-3,5,7-11,15H,4,6,12-14H2,1H3. The first kappa shape index (κ1) is 20.3. The molecule has 0 aliphatic carbocycles. The number of para-hydroxylation sites is 1. The Labute approximate surface area is 163 Å². The third kappa shape index (κ3) is 4.51. The fraction of sp³-hybridized carbons (Fsp3) is 0.350. The normalized spacial score (nSPS) is 17.9. The zero-order chi connectivity index (χ0) is 20.1. The lowest BCUT2D eigenvalue weighted by Crippen LogP contribution is -2.42. The molecule has 0 amide bonds. The number of nitrogens with zero attached hydrogens (tertiary/aromatic N) is 1. The second kappa shape index (κ2) is 8.70. The van der Waals surface area contributed by atoms with Crippen molar-refractivity contribution in [3.05, 3.63) is 59.9 Å². The molecule has 1 unspecified atom stereocenters. The molecule has 2 aromatic carbocycles. The topological polar surface area (TPSA) is 72.9 Å². The van der Waals surface area contributed by atoms with Crippen LogP contribution in [0.4, 0.5) is 4.39 Å². The van der Waals surface area contributed by atoms with Gasteiger partial charge in [0, 0.05) is 18.7 Å². The summed E-state index contributed by atoms with van der Waals surface area (Å²) in [5, 5.41) is 0. The third-order valence-corrected chi connectivity index (χ3v) is 6.61. The number of ether oxygens (including phenoxy) is 2. The quantitative estimate of drug-likeness (QED) is 0.689. The molecule has 6 nitrogen and oxygen atoms in total. The number of sulfonamides is 1. The first-order chi connectivity index (χ1) is 13.4. The van der Waals surface area contributed by atoms with Crippen molar-refractivity contribution < 1.29 is 27.1 Å². The molecule has 2 aromatic rings. The Morgan fingerprint density at radius 2 is 1.89 bits per heavy atom. The monoisotopic (exact) mass is 407 g/mol. The highest BCUT2D eigenvalue weighted by molar-refractivity contribution is 7.89. The summed E-state index contributed by atoms with van der Waals surface area (Å²) in [4.78, 5) is 12.5. The van der Waals surface area contributed by atoms with Gasteiger partial charge in [0.05, 0.1) is 17.9 Å². The molecule has 1 aliphatic rings. The second-order valence-electron chi connectivity index (χ2n) is 6.58. The van der Waals surface area contributed by atoms with E-state index in [1.165, 1.54) is 16.4 Å². The summed E-state index contributed by atoms with van der Waals surface area (Å²) < 4.78 is 50.5. The zero-order valence-electron chi connectivity index (χ0n) is 15.5. The number of piperidine rings is 1. The molecule has 28 heavy (non-hydrogen) atoms. The van der Waals surface area contributed by atoms with E-state index in [9.17, 15) is 17.6 Å². The van der Waals surface area contributed by atoms with E-state index in [1.54, 1.807) is 19.2 Å². The van der Waals surface area contributed by atoms with E-state index < -0.39 is 27.7 Å². The molecule has 0 bridgehead atoms. The van der Waals surface area contributed by atoms with Crippen LogP contribution in [-0.4, -0.2) is 38.9 Å². The lowest BCUT2D eigenvalue weighted by Gasteiger charge is -2.30. The van der Waals surface area contributed by atoms with Crippen molar-refractivity contribution in [3.63, 3.8) is 0 Å². The molecule has 3 rings (SSSR count). The van der Waals surface area contributed by atoms with Crippen LogP contribution >= 0.6 is 0 Å². The Morgan fingerprint density at radius 3 is 2.61 bits per heavy atom. The average Bonchev–Trinajstić information content (AvgIpc) is 2.72. The summed E-state index contributed by atoms with van der Waals surface area (Å²) in [7, 11) is -2.24. The Balaban J connectivity index is 1.65. The van der Waals surface area contributed by atoms with Crippen molar-refractivity contribution in [2.24, 2.45) is 5.92 Å². The fourth-order valence-electron chi connectivity index (χ4n) is 3.20. The second-order valence-corrected chi connectivity index (χ2v) is 8.51. The lowest BCUT2D eigenvalue weighted by molar-refractivity contribution is -0.151. The van der Waals surface area contributed by atoms with E-state index in [-0.39, 0.29) is 18.0 Å². The Kier molecular flexibility index (Phi) is 6.31. The van der Waals surface area contributed by atoms with Gasteiger partial charge in [-0.1, -0.05) is 18.2 Å². The van der Waals surface area contributed by atoms with Crippen molar-refractivity contribution in [2.75, 3.05) is 20.2 Å². The number of rotatable bonds is 6. The Bertz CT molecular complexity index is 930. The maximum Gasteiger partial charge on any atom is 0.310 e. The molecule has 8 heteroatoms. The van der Waals surface area contributed by atoms with Crippen molar-refractivity contribution in [1.29, 1.82) is 0 Å². The van der Waals surface area contributed by atoms with Gasteiger partial charge in [-0.25, -0.2) is 12.8 Å². The molecule has 1 aliphatic heterocycles. The van der Waals surface area contributed by atoms with Crippen LogP contribution in [0.2, 0.25) is 0 Å². The van der Waals surface area contributed by atoms with E-state index in [1.807, 2.05) is 12.1 Å². The third-order valence-electron chi connectivity index (χ3n) is 4.73. The van der Waals surface area contributed by atoms with E-state index >= 15 is 0 Å². The summed E-state index contributed by atoms with van der Waals surface area (Å²) in [6, 6.07) is 11.9. The van der Waals surface area contributed by atoms with E-state index in [4.69, 9.17) is 9.47 Å². The first-order valence-corrected chi connectivity index (χ1v) is 10.4. The number of hydrogen-bond acceptors (Lipinski definition) is 5. The van der Waals surface area contributed by atoms with E-state index in [0.29, 0.717) is 25.1 Å². The molecular weight excluding hydrogens is 385 g/mol. The molecular formula is C20H22FNO5S. The van der Waals surface area contributed by atoms with Gasteiger partial charge in [-0.3, -0.25) is 4.79 Å². The number of methoxy groups -OCH3 is 1. The van der Waals surface area contributed by atoms with Gasteiger partial charge in [0.1, 0.15) is 18.2 Å². The van der Waals surface area contributed by atoms with Crippen LogP contribution in [0.3, 0.4) is 0 Å². The highest BCUT2D eigenvalue weighted by Gasteiger charge is 2.34. The van der Waals surface area contributed by atoms with Gasteiger partial charge in [0.2, 0.25) is 10.0 Å². The number of halogens is 1. The SMILES string of the molecule is COc1ccccc1COC(=O)C1CCCN(S(=O)(=O)c2ccc(F)cc2)C1. The lowest BCUT2D eigenvalue weighted by atomic mass is 10.00. The number of hydrogen-bond donors (Lipinski definition) is 0. The zero-order valence-corrected chi connectivity index (χ0v) is 16.3. The summed E-state index contributed by atoms with van der Waals surface area (Å²) in [6.07, 6.45) is 1.11. The molecule has 0 aromatic heterocycles. The van der Waals surface area contributed by atoms with Crippen LogP contribution in [0.5, 0.6) is 5.75 Å². The molecule has 1 heterocycles. The van der Waals surface area contributed by atoms with Crippen LogP contribution in [0.1, 0.15) is 18.4 Å². The van der Waals surface area contributed by atoms with Crippen LogP contribution in [0, 0.1) is 11.7 Å². The average molecular weight is 407 g/mol. The highest BCUT2D eigenvalue weighted by Crippen LogP contribution is 2.25. The minimum Gasteiger partial charge on any atom is -0.496 e. The largest absolute Gasteiger partial charge is 0.496 e. The van der Waals surface area contributed by atoms with Crippen LogP contribution < -0.4 is 4.74 Å². The molecule has 0 N–H and O–H groups in total. The van der Waals surface area contributed by atoms with Crippen LogP contribution in [0.25, 0.3) is 0 Å². The van der Waals surface area contributed by atoms with Crippen LogP contribution in [-0.2, 0) is 26.2 Å². The molecule has 150 valence electrons. The Morgan fingerprint density at radius 1 is 1.18 bits per heavy atom. The smallest absolute Gasteiger partial charge is 0.310 e. The molecule has 0 spiro atoms. The molecule has 1 atom stereocenters. The molecule has 0 radical (unpaired) electrons. The van der Waals surface area contributed by atoms with E-state index in [2.05, 4.69) is 0 Å². The summed E-state index contributed by atoms with van der Waals surface area (Å²) >= 11 is 0. The van der Waals surface area contributed by atoms with Gasteiger partial charge in [-0.05, 0) is 43.2 Å². The summed E-state index contributed by atoms with van der Waals surface area (Å²) in [5.41, 5.74) is 0.741. The van der Waals surface area contributed by atoms with Crippen molar-refractivity contribution in [2.45, 2.75) is 24.3 Å². The minimum absolute atomic E-state index is 0.0111. The van der Waals surface area contributed by atoms with Crippen molar-refractivity contribution in [3.8, 4) is 5.75 Å². The van der Waals surface area contributed by atoms with Crippen LogP contribution in [0.15, 0.2) is 53.4 Å². The van der Waals surface area contributed by atoms with Gasteiger partial charge >= 0.3 is 5.97 Å².